The number of thiophene rings is 1. The largest absolute Gasteiger partial charge is 0.462 e. The molecule has 1 amide bonds. The summed E-state index contributed by atoms with van der Waals surface area (Å²) in [7, 11) is 0. The van der Waals surface area contributed by atoms with Gasteiger partial charge in [-0.2, -0.15) is 0 Å². The van der Waals surface area contributed by atoms with Gasteiger partial charge in [-0.05, 0) is 87.1 Å². The zero-order valence-electron chi connectivity index (χ0n) is 21.4. The molecule has 6 nitrogen and oxygen atoms in total. The molecule has 1 saturated heterocycles. The van der Waals surface area contributed by atoms with Gasteiger partial charge in [0.2, 0.25) is 0 Å². The fraction of sp³-hybridized carbons (Fsp3) is 0.400. The van der Waals surface area contributed by atoms with Crippen molar-refractivity contribution in [1.29, 1.82) is 0 Å². The van der Waals surface area contributed by atoms with Gasteiger partial charge in [-0.1, -0.05) is 30.3 Å². The van der Waals surface area contributed by atoms with Gasteiger partial charge in [-0.25, -0.2) is 4.79 Å². The lowest BCUT2D eigenvalue weighted by molar-refractivity contribution is 0.0526. The van der Waals surface area contributed by atoms with E-state index in [1.807, 2.05) is 12.1 Å². The predicted octanol–water partition coefficient (Wildman–Crippen LogP) is 6.10. The highest BCUT2D eigenvalue weighted by Crippen LogP contribution is 2.39. The van der Waals surface area contributed by atoms with E-state index in [0.29, 0.717) is 34.3 Å². The molecule has 1 aliphatic heterocycles. The molecule has 2 heterocycles. The fourth-order valence-corrected chi connectivity index (χ4v) is 6.85. The summed E-state index contributed by atoms with van der Waals surface area (Å²) >= 11 is 1.51. The van der Waals surface area contributed by atoms with Gasteiger partial charge in [-0.15, -0.1) is 11.3 Å². The van der Waals surface area contributed by atoms with Crippen molar-refractivity contribution in [2.24, 2.45) is 5.92 Å². The van der Waals surface area contributed by atoms with Gasteiger partial charge in [-0.3, -0.25) is 4.79 Å². The normalized spacial score (nSPS) is 15.8. The summed E-state index contributed by atoms with van der Waals surface area (Å²) < 4.78 is 5.36. The van der Waals surface area contributed by atoms with E-state index in [-0.39, 0.29) is 11.9 Å². The van der Waals surface area contributed by atoms with Crippen molar-refractivity contribution < 1.29 is 14.3 Å². The van der Waals surface area contributed by atoms with E-state index in [9.17, 15) is 9.59 Å². The summed E-state index contributed by atoms with van der Waals surface area (Å²) in [6.45, 7) is 3.89. The number of fused-ring (bicyclic) bond motifs is 1. The molecule has 0 unspecified atom stereocenters. The molecule has 37 heavy (non-hydrogen) atoms. The number of nitrogens with two attached hydrogens (primary N) is 1. The Morgan fingerprint density at radius 2 is 1.84 bits per heavy atom. The molecular weight excluding hydrogens is 482 g/mol. The molecule has 0 atom stereocenters. The Morgan fingerprint density at radius 3 is 2.59 bits per heavy atom. The first-order valence-electron chi connectivity index (χ1n) is 13.3. The molecule has 7 heteroatoms. The number of rotatable bonds is 7. The number of aryl methyl sites for hydroxylation is 1. The number of hydrogen-bond donors (Lipinski definition) is 2. The highest BCUT2D eigenvalue weighted by Gasteiger charge is 2.29. The Kier molecular flexibility index (Phi) is 7.79. The zero-order valence-corrected chi connectivity index (χ0v) is 22.2. The minimum absolute atomic E-state index is 0.238. The summed E-state index contributed by atoms with van der Waals surface area (Å²) in [4.78, 5) is 30.0. The molecule has 5 rings (SSSR count). The third-order valence-electron chi connectivity index (χ3n) is 7.47. The molecular formula is C30H35N3O3S. The maximum absolute atomic E-state index is 13.6. The van der Waals surface area contributed by atoms with Crippen LogP contribution in [0.25, 0.3) is 0 Å². The number of esters is 1. The number of hydrogen-bond acceptors (Lipinski definition) is 6. The van der Waals surface area contributed by atoms with E-state index in [1.54, 1.807) is 13.0 Å². The number of carbonyl (C=O) groups excluding carboxylic acids is 2. The molecule has 0 radical (unpaired) electrons. The molecule has 0 saturated carbocycles. The maximum Gasteiger partial charge on any atom is 0.341 e. The van der Waals surface area contributed by atoms with Crippen LogP contribution in [0.1, 0.15) is 69.3 Å². The molecule has 3 N–H and O–H groups in total. The molecule has 194 valence electrons. The predicted molar refractivity (Wildman–Crippen MR) is 151 cm³/mol. The molecule has 0 bridgehead atoms. The SMILES string of the molecule is CCOC(=O)c1c(NC(=O)c2cc(N)ccc2N2CCC(Cc3ccccc3)CC2)sc2c1CCCC2. The van der Waals surface area contributed by atoms with Crippen LogP contribution in [0.4, 0.5) is 16.4 Å². The molecule has 1 aliphatic carbocycles. The number of nitrogen functional groups attached to an aromatic ring is 1. The first kappa shape index (κ1) is 25.3. The quantitative estimate of drug-likeness (QED) is 0.292. The van der Waals surface area contributed by atoms with Crippen molar-refractivity contribution in [1.82, 2.24) is 0 Å². The van der Waals surface area contributed by atoms with Crippen LogP contribution in [-0.4, -0.2) is 31.6 Å². The summed E-state index contributed by atoms with van der Waals surface area (Å²) in [6, 6.07) is 16.2. The number of ether oxygens (including phenoxy) is 1. The highest BCUT2D eigenvalue weighted by atomic mass is 32.1. The van der Waals surface area contributed by atoms with Crippen molar-refractivity contribution >= 4 is 39.6 Å². The number of amides is 1. The molecule has 1 aromatic heterocycles. The van der Waals surface area contributed by atoms with Gasteiger partial charge >= 0.3 is 5.97 Å². The van der Waals surface area contributed by atoms with Gasteiger partial charge in [0.1, 0.15) is 5.00 Å². The number of benzene rings is 2. The number of nitrogens with zero attached hydrogens (tertiary/aromatic N) is 1. The van der Waals surface area contributed by atoms with E-state index < -0.39 is 0 Å². The molecule has 3 aromatic rings. The third kappa shape index (κ3) is 5.67. The van der Waals surface area contributed by atoms with Crippen LogP contribution in [0.3, 0.4) is 0 Å². The van der Waals surface area contributed by atoms with E-state index in [4.69, 9.17) is 10.5 Å². The highest BCUT2D eigenvalue weighted by molar-refractivity contribution is 7.17. The van der Waals surface area contributed by atoms with Gasteiger partial charge in [0.05, 0.1) is 17.7 Å². The number of piperidine rings is 1. The molecule has 2 aliphatic rings. The summed E-state index contributed by atoms with van der Waals surface area (Å²) in [5, 5.41) is 3.66. The van der Waals surface area contributed by atoms with Crippen LogP contribution in [-0.2, 0) is 24.0 Å². The number of anilines is 3. The van der Waals surface area contributed by atoms with Gasteiger partial charge < -0.3 is 20.7 Å². The Morgan fingerprint density at radius 1 is 1.08 bits per heavy atom. The van der Waals surface area contributed by atoms with Crippen LogP contribution in [0.5, 0.6) is 0 Å². The topological polar surface area (TPSA) is 84.7 Å². The van der Waals surface area contributed by atoms with Crippen molar-refractivity contribution in [2.75, 3.05) is 35.6 Å². The second kappa shape index (κ2) is 11.4. The zero-order chi connectivity index (χ0) is 25.8. The lowest BCUT2D eigenvalue weighted by atomic mass is 9.89. The Labute approximate surface area is 222 Å². The first-order chi connectivity index (χ1) is 18.0. The standard InChI is InChI=1S/C30H35N3O3S/c1-2-36-30(35)27-23-10-6-7-11-26(23)37-29(27)32-28(34)24-19-22(31)12-13-25(24)33-16-14-21(15-17-33)18-20-8-4-3-5-9-20/h3-5,8-9,12-13,19,21H,2,6-7,10-11,14-18,31H2,1H3,(H,32,34). The summed E-state index contributed by atoms with van der Waals surface area (Å²) in [5.41, 5.74) is 11.1. The third-order valence-corrected chi connectivity index (χ3v) is 8.67. The minimum atomic E-state index is -0.356. The van der Waals surface area contributed by atoms with Crippen molar-refractivity contribution in [2.45, 2.75) is 51.9 Å². The van der Waals surface area contributed by atoms with Crippen molar-refractivity contribution in [3.63, 3.8) is 0 Å². The Hall–Kier alpha value is -3.32. The molecule has 1 fully saturated rings. The number of nitrogens with one attached hydrogen (secondary N) is 1. The average molecular weight is 518 g/mol. The summed E-state index contributed by atoms with van der Waals surface area (Å²) in [6.07, 6.45) is 7.16. The van der Waals surface area contributed by atoms with Crippen LogP contribution in [0.15, 0.2) is 48.5 Å². The first-order valence-corrected chi connectivity index (χ1v) is 14.2. The molecule has 0 spiro atoms. The lowest BCUT2D eigenvalue weighted by Gasteiger charge is -2.34. The van der Waals surface area contributed by atoms with Gasteiger partial charge in [0.25, 0.3) is 5.91 Å². The number of carbonyl (C=O) groups is 2. The van der Waals surface area contributed by atoms with Crippen molar-refractivity contribution in [3.05, 3.63) is 75.7 Å². The minimum Gasteiger partial charge on any atom is -0.462 e. The van der Waals surface area contributed by atoms with E-state index in [1.165, 1.54) is 21.8 Å². The maximum atomic E-state index is 13.6. The Bertz CT molecular complexity index is 1260. The van der Waals surface area contributed by atoms with E-state index in [0.717, 1.165) is 69.3 Å². The van der Waals surface area contributed by atoms with Crippen LogP contribution in [0, 0.1) is 5.92 Å². The second-order valence-corrected chi connectivity index (χ2v) is 11.1. The smallest absolute Gasteiger partial charge is 0.341 e. The van der Waals surface area contributed by atoms with Crippen LogP contribution < -0.4 is 16.0 Å². The van der Waals surface area contributed by atoms with E-state index in [2.05, 4.69) is 40.5 Å². The van der Waals surface area contributed by atoms with Crippen LogP contribution in [0.2, 0.25) is 0 Å². The van der Waals surface area contributed by atoms with Gasteiger partial charge in [0, 0.05) is 29.3 Å². The van der Waals surface area contributed by atoms with Crippen LogP contribution >= 0.6 is 11.3 Å². The van der Waals surface area contributed by atoms with Crippen molar-refractivity contribution in [3.8, 4) is 0 Å². The Balaban J connectivity index is 1.35. The monoisotopic (exact) mass is 517 g/mol. The molecule has 2 aromatic carbocycles. The second-order valence-electron chi connectivity index (χ2n) is 9.99. The fourth-order valence-electron chi connectivity index (χ4n) is 5.58. The van der Waals surface area contributed by atoms with E-state index >= 15 is 0 Å². The summed E-state index contributed by atoms with van der Waals surface area (Å²) in [5.74, 6) is 0.0395. The lowest BCUT2D eigenvalue weighted by Crippen LogP contribution is -2.35. The van der Waals surface area contributed by atoms with Gasteiger partial charge in [0.15, 0.2) is 0 Å². The average Bonchev–Trinajstić information content (AvgIpc) is 3.28.